The van der Waals surface area contributed by atoms with E-state index in [0.29, 0.717) is 18.6 Å². The summed E-state index contributed by atoms with van der Waals surface area (Å²) < 4.78 is 9.66. The van der Waals surface area contributed by atoms with Crippen LogP contribution in [0.15, 0.2) is 34.5 Å². The molecule has 0 saturated carbocycles. The van der Waals surface area contributed by atoms with Gasteiger partial charge in [-0.25, -0.2) is 4.79 Å². The van der Waals surface area contributed by atoms with Crippen LogP contribution in [0.3, 0.4) is 0 Å². The molecule has 0 aliphatic carbocycles. The van der Waals surface area contributed by atoms with E-state index in [9.17, 15) is 4.79 Å². The molecule has 0 fully saturated rings. The van der Waals surface area contributed by atoms with Crippen LogP contribution >= 0.6 is 79.6 Å². The summed E-state index contributed by atoms with van der Waals surface area (Å²) in [5.41, 5.74) is 1.41. The van der Waals surface area contributed by atoms with Crippen LogP contribution in [0.1, 0.15) is 12.5 Å². The number of esters is 1. The van der Waals surface area contributed by atoms with Gasteiger partial charge in [0.1, 0.15) is 0 Å². The predicted molar refractivity (Wildman–Crippen MR) is 94.4 cm³/mol. The molecule has 0 saturated heterocycles. The van der Waals surface area contributed by atoms with E-state index in [1.165, 1.54) is 0 Å². The summed E-state index contributed by atoms with van der Waals surface area (Å²) in [6.45, 7) is 5.46. The SMILES string of the molecule is C=C(C)C(=O)OCCc1c(Br)c(Br)c(Br)c(Br)c1Br. The lowest BCUT2D eigenvalue weighted by atomic mass is 10.2. The molecule has 1 aromatic rings. The predicted octanol–water partition coefficient (Wildman–Crippen LogP) is 6.16. The molecule has 0 radical (unpaired) electrons. The molecule has 0 atom stereocenters. The van der Waals surface area contributed by atoms with Gasteiger partial charge in [-0.2, -0.15) is 0 Å². The molecule has 19 heavy (non-hydrogen) atoms. The molecule has 0 bridgehead atoms. The zero-order valence-corrected chi connectivity index (χ0v) is 17.8. The van der Waals surface area contributed by atoms with E-state index in [1.54, 1.807) is 6.92 Å². The van der Waals surface area contributed by atoms with Gasteiger partial charge in [0.15, 0.2) is 0 Å². The van der Waals surface area contributed by atoms with Crippen LogP contribution in [0, 0.1) is 0 Å². The molecule has 2 nitrogen and oxygen atoms in total. The normalized spacial score (nSPS) is 10.4. The molecular weight excluding hydrogens is 576 g/mol. The van der Waals surface area contributed by atoms with Gasteiger partial charge in [-0.05, 0) is 92.1 Å². The van der Waals surface area contributed by atoms with Gasteiger partial charge in [0.05, 0.1) is 6.61 Å². The summed E-state index contributed by atoms with van der Waals surface area (Å²) in [7, 11) is 0. The maximum Gasteiger partial charge on any atom is 0.333 e. The van der Waals surface area contributed by atoms with Crippen LogP contribution in [0.5, 0.6) is 0 Å². The smallest absolute Gasteiger partial charge is 0.333 e. The van der Waals surface area contributed by atoms with Crippen LogP contribution in [0.4, 0.5) is 0 Å². The lowest BCUT2D eigenvalue weighted by Crippen LogP contribution is -2.09. The minimum atomic E-state index is -0.373. The average Bonchev–Trinajstić information content (AvgIpc) is 2.37. The Morgan fingerprint density at radius 3 is 1.84 bits per heavy atom. The Hall–Kier alpha value is 0.830. The molecule has 0 spiro atoms. The first-order chi connectivity index (χ1) is 8.77. The minimum Gasteiger partial charge on any atom is -0.462 e. The fraction of sp³-hybridized carbons (Fsp3) is 0.250. The fourth-order valence-corrected chi connectivity index (χ4v) is 4.76. The first kappa shape index (κ1) is 17.9. The largest absolute Gasteiger partial charge is 0.462 e. The highest BCUT2D eigenvalue weighted by Crippen LogP contribution is 2.44. The van der Waals surface area contributed by atoms with E-state index in [2.05, 4.69) is 86.2 Å². The van der Waals surface area contributed by atoms with E-state index in [-0.39, 0.29) is 5.97 Å². The summed E-state index contributed by atoms with van der Waals surface area (Å²) in [6, 6.07) is 0. The molecule has 104 valence electrons. The number of benzene rings is 1. The molecule has 1 rings (SSSR count). The van der Waals surface area contributed by atoms with Gasteiger partial charge >= 0.3 is 5.97 Å². The molecular formula is C12H9Br5O2. The second kappa shape index (κ2) is 7.73. The first-order valence-corrected chi connectivity index (χ1v) is 9.06. The zero-order valence-electron chi connectivity index (χ0n) is 9.83. The van der Waals surface area contributed by atoms with E-state index in [0.717, 1.165) is 27.9 Å². The van der Waals surface area contributed by atoms with Gasteiger partial charge in [0.2, 0.25) is 0 Å². The van der Waals surface area contributed by atoms with Crippen molar-refractivity contribution < 1.29 is 9.53 Å². The van der Waals surface area contributed by atoms with Gasteiger partial charge in [-0.1, -0.05) is 6.58 Å². The summed E-state index contributed by atoms with van der Waals surface area (Å²) in [6.07, 6.45) is 0.588. The second-order valence-corrected chi connectivity index (χ2v) is 7.68. The summed E-state index contributed by atoms with van der Waals surface area (Å²) >= 11 is 17.5. The number of carbonyl (C=O) groups excluding carboxylic acids is 1. The van der Waals surface area contributed by atoms with Crippen LogP contribution in [0.25, 0.3) is 0 Å². The van der Waals surface area contributed by atoms with Gasteiger partial charge in [0.25, 0.3) is 0 Å². The average molecular weight is 585 g/mol. The lowest BCUT2D eigenvalue weighted by Gasteiger charge is -2.13. The number of carbonyl (C=O) groups is 1. The number of halogens is 5. The van der Waals surface area contributed by atoms with Crippen molar-refractivity contribution >= 4 is 85.6 Å². The first-order valence-electron chi connectivity index (χ1n) is 5.10. The van der Waals surface area contributed by atoms with Crippen molar-refractivity contribution in [2.24, 2.45) is 0 Å². The summed E-state index contributed by atoms with van der Waals surface area (Å²) in [5.74, 6) is -0.373. The zero-order chi connectivity index (χ0) is 14.7. The van der Waals surface area contributed by atoms with Crippen LogP contribution < -0.4 is 0 Å². The second-order valence-electron chi connectivity index (χ2n) is 3.71. The third-order valence-corrected chi connectivity index (χ3v) is 8.49. The van der Waals surface area contributed by atoms with E-state index in [1.807, 2.05) is 0 Å². The van der Waals surface area contributed by atoms with E-state index >= 15 is 0 Å². The molecule has 0 aromatic heterocycles. The Labute approximate surface area is 154 Å². The number of hydrogen-bond donors (Lipinski definition) is 0. The highest BCUT2D eigenvalue weighted by atomic mass is 79.9. The molecule has 0 aliphatic rings. The van der Waals surface area contributed by atoms with Crippen molar-refractivity contribution in [1.29, 1.82) is 0 Å². The third-order valence-electron chi connectivity index (χ3n) is 2.23. The Kier molecular flexibility index (Phi) is 7.27. The van der Waals surface area contributed by atoms with E-state index < -0.39 is 0 Å². The van der Waals surface area contributed by atoms with Gasteiger partial charge < -0.3 is 4.74 Å². The maximum atomic E-state index is 11.3. The van der Waals surface area contributed by atoms with E-state index in [4.69, 9.17) is 4.74 Å². The number of ether oxygens (including phenoxy) is 1. The van der Waals surface area contributed by atoms with Crippen LogP contribution in [-0.4, -0.2) is 12.6 Å². The number of rotatable bonds is 4. The third kappa shape index (κ3) is 4.40. The Balaban J connectivity index is 2.91. The fourth-order valence-electron chi connectivity index (χ4n) is 1.24. The van der Waals surface area contributed by atoms with Gasteiger partial charge in [-0.15, -0.1) is 0 Å². The van der Waals surface area contributed by atoms with Crippen molar-refractivity contribution in [3.63, 3.8) is 0 Å². The van der Waals surface area contributed by atoms with Crippen molar-refractivity contribution in [1.82, 2.24) is 0 Å². The monoisotopic (exact) mass is 580 g/mol. The Morgan fingerprint density at radius 2 is 1.42 bits per heavy atom. The van der Waals surface area contributed by atoms with Crippen molar-refractivity contribution in [3.05, 3.63) is 40.1 Å². The lowest BCUT2D eigenvalue weighted by molar-refractivity contribution is -0.138. The Morgan fingerprint density at radius 1 is 1.00 bits per heavy atom. The van der Waals surface area contributed by atoms with Crippen molar-refractivity contribution in [2.75, 3.05) is 6.61 Å². The van der Waals surface area contributed by atoms with Crippen molar-refractivity contribution in [3.8, 4) is 0 Å². The van der Waals surface area contributed by atoms with Crippen molar-refractivity contribution in [2.45, 2.75) is 13.3 Å². The minimum absolute atomic E-state index is 0.295. The molecule has 0 aliphatic heterocycles. The molecule has 1 aromatic carbocycles. The van der Waals surface area contributed by atoms with Crippen LogP contribution in [0.2, 0.25) is 0 Å². The summed E-state index contributed by atoms with van der Waals surface area (Å²) in [4.78, 5) is 11.3. The highest BCUT2D eigenvalue weighted by molar-refractivity contribution is 9.15. The standard InChI is InChI=1S/C12H9Br5O2/c1-5(2)12(18)19-4-3-6-7(13)9(15)11(17)10(16)8(6)14/h1,3-4H2,2H3. The molecule has 0 N–H and O–H groups in total. The number of hydrogen-bond acceptors (Lipinski definition) is 2. The molecule has 0 unspecified atom stereocenters. The molecule has 0 amide bonds. The Bertz CT molecular complexity index is 510. The maximum absolute atomic E-state index is 11.3. The molecule has 7 heteroatoms. The highest BCUT2D eigenvalue weighted by Gasteiger charge is 2.17. The topological polar surface area (TPSA) is 26.3 Å². The summed E-state index contributed by atoms with van der Waals surface area (Å²) in [5, 5.41) is 0. The van der Waals surface area contributed by atoms with Gasteiger partial charge in [-0.3, -0.25) is 0 Å². The quantitative estimate of drug-likeness (QED) is 0.183. The van der Waals surface area contributed by atoms with Crippen LogP contribution in [-0.2, 0) is 16.0 Å². The van der Waals surface area contributed by atoms with Gasteiger partial charge in [0, 0.05) is 34.4 Å². The molecule has 0 heterocycles.